The van der Waals surface area contributed by atoms with Crippen molar-refractivity contribution >= 4 is 5.97 Å². The summed E-state index contributed by atoms with van der Waals surface area (Å²) in [5.74, 6) is 0.665. The molecule has 2 aliphatic rings. The normalized spacial score (nSPS) is 28.1. The SMILES string of the molecule is CCOC(=O)COCCN1CCC2CCCCC21. The smallest absolute Gasteiger partial charge is 0.332 e. The fraction of sp³-hybridized carbons (Fsp3) is 0.929. The van der Waals surface area contributed by atoms with Crippen LogP contribution in [0.2, 0.25) is 0 Å². The lowest BCUT2D eigenvalue weighted by Crippen LogP contribution is -2.37. The quantitative estimate of drug-likeness (QED) is 0.536. The standard InChI is InChI=1S/C14H25NO3/c1-2-18-14(16)11-17-10-9-15-8-7-12-5-3-4-6-13(12)15/h12-13H,2-11H2,1H3. The average Bonchev–Trinajstić information content (AvgIpc) is 2.78. The van der Waals surface area contributed by atoms with Crippen molar-refractivity contribution in [2.24, 2.45) is 5.92 Å². The predicted octanol–water partition coefficient (Wildman–Crippen LogP) is 1.83. The second kappa shape index (κ2) is 7.10. The Morgan fingerprint density at radius 1 is 1.28 bits per heavy atom. The van der Waals surface area contributed by atoms with Crippen molar-refractivity contribution in [3.05, 3.63) is 0 Å². The molecule has 0 spiro atoms. The fourth-order valence-corrected chi connectivity index (χ4v) is 3.32. The Labute approximate surface area is 110 Å². The third-order valence-corrected chi connectivity index (χ3v) is 4.17. The van der Waals surface area contributed by atoms with Gasteiger partial charge in [0.05, 0.1) is 13.2 Å². The fourth-order valence-electron chi connectivity index (χ4n) is 3.32. The predicted molar refractivity (Wildman–Crippen MR) is 69.4 cm³/mol. The lowest BCUT2D eigenvalue weighted by Gasteiger charge is -2.31. The van der Waals surface area contributed by atoms with Crippen molar-refractivity contribution in [2.75, 3.05) is 32.9 Å². The molecule has 2 fully saturated rings. The van der Waals surface area contributed by atoms with Gasteiger partial charge in [-0.3, -0.25) is 4.90 Å². The number of ether oxygens (including phenoxy) is 2. The van der Waals surface area contributed by atoms with E-state index in [0.717, 1.165) is 18.5 Å². The third-order valence-electron chi connectivity index (χ3n) is 4.17. The molecule has 0 amide bonds. The van der Waals surface area contributed by atoms with E-state index >= 15 is 0 Å². The molecule has 1 saturated heterocycles. The van der Waals surface area contributed by atoms with E-state index in [9.17, 15) is 4.79 Å². The Morgan fingerprint density at radius 2 is 2.11 bits per heavy atom. The molecule has 0 bridgehead atoms. The van der Waals surface area contributed by atoms with Crippen LogP contribution in [0.1, 0.15) is 39.0 Å². The molecule has 4 nitrogen and oxygen atoms in total. The third kappa shape index (κ3) is 3.69. The highest BCUT2D eigenvalue weighted by Gasteiger charge is 2.34. The molecule has 4 heteroatoms. The average molecular weight is 255 g/mol. The Bertz CT molecular complexity index is 270. The Morgan fingerprint density at radius 3 is 2.94 bits per heavy atom. The molecule has 0 aromatic heterocycles. The molecular formula is C14H25NO3. The molecule has 2 atom stereocenters. The number of carbonyl (C=O) groups is 1. The van der Waals surface area contributed by atoms with E-state index in [1.807, 2.05) is 6.92 Å². The van der Waals surface area contributed by atoms with E-state index in [1.54, 1.807) is 0 Å². The second-order valence-corrected chi connectivity index (χ2v) is 5.29. The van der Waals surface area contributed by atoms with Crippen LogP contribution in [-0.2, 0) is 14.3 Å². The maximum absolute atomic E-state index is 11.1. The van der Waals surface area contributed by atoms with Gasteiger partial charge in [0.1, 0.15) is 6.61 Å². The van der Waals surface area contributed by atoms with E-state index < -0.39 is 0 Å². The topological polar surface area (TPSA) is 38.8 Å². The van der Waals surface area contributed by atoms with Gasteiger partial charge in [-0.2, -0.15) is 0 Å². The first-order chi connectivity index (χ1) is 8.81. The van der Waals surface area contributed by atoms with Crippen molar-refractivity contribution in [3.63, 3.8) is 0 Å². The first-order valence-corrected chi connectivity index (χ1v) is 7.28. The van der Waals surface area contributed by atoms with Gasteiger partial charge in [0.2, 0.25) is 0 Å². The van der Waals surface area contributed by atoms with Crippen LogP contribution in [0.25, 0.3) is 0 Å². The molecule has 1 aliphatic carbocycles. The minimum atomic E-state index is -0.255. The molecule has 2 unspecified atom stereocenters. The lowest BCUT2D eigenvalue weighted by molar-refractivity contribution is -0.148. The summed E-state index contributed by atoms with van der Waals surface area (Å²) in [6.45, 7) is 5.14. The zero-order valence-electron chi connectivity index (χ0n) is 11.4. The summed E-state index contributed by atoms with van der Waals surface area (Å²) in [5, 5.41) is 0. The number of rotatable bonds is 6. The van der Waals surface area contributed by atoms with Gasteiger partial charge in [-0.1, -0.05) is 12.8 Å². The molecule has 1 heterocycles. The Balaban J connectivity index is 1.60. The number of esters is 1. The summed E-state index contributed by atoms with van der Waals surface area (Å²) in [4.78, 5) is 13.7. The van der Waals surface area contributed by atoms with Crippen LogP contribution in [0, 0.1) is 5.92 Å². The molecule has 2 rings (SSSR count). The number of fused-ring (bicyclic) bond motifs is 1. The van der Waals surface area contributed by atoms with Gasteiger partial charge >= 0.3 is 5.97 Å². The summed E-state index contributed by atoms with van der Waals surface area (Å²) < 4.78 is 10.2. The summed E-state index contributed by atoms with van der Waals surface area (Å²) >= 11 is 0. The van der Waals surface area contributed by atoms with Crippen LogP contribution in [0.5, 0.6) is 0 Å². The van der Waals surface area contributed by atoms with Crippen molar-refractivity contribution in [2.45, 2.75) is 45.1 Å². The zero-order valence-corrected chi connectivity index (χ0v) is 11.4. The second-order valence-electron chi connectivity index (χ2n) is 5.29. The van der Waals surface area contributed by atoms with E-state index in [4.69, 9.17) is 9.47 Å². The lowest BCUT2D eigenvalue weighted by atomic mass is 9.85. The monoisotopic (exact) mass is 255 g/mol. The molecule has 0 N–H and O–H groups in total. The van der Waals surface area contributed by atoms with Crippen LogP contribution in [-0.4, -0.2) is 49.8 Å². The summed E-state index contributed by atoms with van der Waals surface area (Å²) in [6.07, 6.45) is 6.89. The minimum absolute atomic E-state index is 0.0930. The number of hydrogen-bond donors (Lipinski definition) is 0. The van der Waals surface area contributed by atoms with E-state index in [-0.39, 0.29) is 12.6 Å². The number of nitrogens with zero attached hydrogens (tertiary/aromatic N) is 1. The van der Waals surface area contributed by atoms with Crippen LogP contribution in [0.15, 0.2) is 0 Å². The molecule has 0 aromatic carbocycles. The van der Waals surface area contributed by atoms with Gasteiger partial charge in [-0.05, 0) is 38.6 Å². The van der Waals surface area contributed by atoms with Gasteiger partial charge in [0.15, 0.2) is 0 Å². The zero-order chi connectivity index (χ0) is 12.8. The largest absolute Gasteiger partial charge is 0.464 e. The van der Waals surface area contributed by atoms with Gasteiger partial charge in [-0.25, -0.2) is 4.79 Å². The highest BCUT2D eigenvalue weighted by molar-refractivity contribution is 5.70. The van der Waals surface area contributed by atoms with Crippen LogP contribution in [0.3, 0.4) is 0 Å². The first kappa shape index (κ1) is 13.8. The van der Waals surface area contributed by atoms with Gasteiger partial charge in [0, 0.05) is 12.6 Å². The van der Waals surface area contributed by atoms with Crippen molar-refractivity contribution in [3.8, 4) is 0 Å². The highest BCUT2D eigenvalue weighted by atomic mass is 16.6. The van der Waals surface area contributed by atoms with E-state index in [1.165, 1.54) is 38.6 Å². The summed E-state index contributed by atoms with van der Waals surface area (Å²) in [7, 11) is 0. The number of likely N-dealkylation sites (tertiary alicyclic amines) is 1. The molecular weight excluding hydrogens is 230 g/mol. The molecule has 18 heavy (non-hydrogen) atoms. The molecule has 104 valence electrons. The van der Waals surface area contributed by atoms with Crippen molar-refractivity contribution in [1.29, 1.82) is 0 Å². The Kier molecular flexibility index (Phi) is 5.45. The summed E-state index contributed by atoms with van der Waals surface area (Å²) in [5.41, 5.74) is 0. The van der Waals surface area contributed by atoms with Gasteiger partial charge in [0.25, 0.3) is 0 Å². The molecule has 0 aromatic rings. The molecule has 1 aliphatic heterocycles. The highest BCUT2D eigenvalue weighted by Crippen LogP contribution is 2.35. The van der Waals surface area contributed by atoms with Crippen molar-refractivity contribution < 1.29 is 14.3 Å². The maximum Gasteiger partial charge on any atom is 0.332 e. The molecule has 1 saturated carbocycles. The number of carbonyl (C=O) groups excluding carboxylic acids is 1. The van der Waals surface area contributed by atoms with E-state index in [2.05, 4.69) is 4.90 Å². The van der Waals surface area contributed by atoms with Crippen LogP contribution >= 0.6 is 0 Å². The molecule has 0 radical (unpaired) electrons. The van der Waals surface area contributed by atoms with Gasteiger partial charge < -0.3 is 9.47 Å². The van der Waals surface area contributed by atoms with Crippen molar-refractivity contribution in [1.82, 2.24) is 4.90 Å². The van der Waals surface area contributed by atoms with Crippen LogP contribution in [0.4, 0.5) is 0 Å². The summed E-state index contributed by atoms with van der Waals surface area (Å²) in [6, 6.07) is 0.782. The maximum atomic E-state index is 11.1. The number of hydrogen-bond acceptors (Lipinski definition) is 4. The van der Waals surface area contributed by atoms with Gasteiger partial charge in [-0.15, -0.1) is 0 Å². The Hall–Kier alpha value is -0.610. The minimum Gasteiger partial charge on any atom is -0.464 e. The first-order valence-electron chi connectivity index (χ1n) is 7.28. The van der Waals surface area contributed by atoms with Crippen LogP contribution < -0.4 is 0 Å². The van der Waals surface area contributed by atoms with E-state index in [0.29, 0.717) is 13.2 Å².